The molecule has 0 aromatic heterocycles. The summed E-state index contributed by atoms with van der Waals surface area (Å²) in [5.74, 6) is 0. The molecule has 0 radical (unpaired) electrons. The Hall–Kier alpha value is -1.60. The third kappa shape index (κ3) is 4.18. The van der Waals surface area contributed by atoms with Crippen LogP contribution in [0.1, 0.15) is 55.0 Å². The molecule has 0 fully saturated rings. The third-order valence-electron chi connectivity index (χ3n) is 3.98. The maximum Gasteiger partial charge on any atom is 0.0833 e. The van der Waals surface area contributed by atoms with Crippen LogP contribution in [0.2, 0.25) is 0 Å². The van der Waals surface area contributed by atoms with Crippen molar-refractivity contribution < 1.29 is 5.11 Å². The first-order valence-corrected chi connectivity index (χ1v) is 8.08. The van der Waals surface area contributed by atoms with E-state index < -0.39 is 6.10 Å². The highest BCUT2D eigenvalue weighted by Crippen LogP contribution is 2.25. The minimum absolute atomic E-state index is 0.411. The van der Waals surface area contributed by atoms with Crippen LogP contribution in [0.4, 0.5) is 0 Å². The summed E-state index contributed by atoms with van der Waals surface area (Å²) < 4.78 is 0. The second-order valence-corrected chi connectivity index (χ2v) is 5.69. The highest BCUT2D eigenvalue weighted by atomic mass is 16.3. The predicted octanol–water partition coefficient (Wildman–Crippen LogP) is 4.87. The molecule has 1 N–H and O–H groups in total. The lowest BCUT2D eigenvalue weighted by atomic mass is 9.92. The van der Waals surface area contributed by atoms with Crippen LogP contribution in [-0.2, 0) is 19.3 Å². The van der Waals surface area contributed by atoms with E-state index >= 15 is 0 Å². The van der Waals surface area contributed by atoms with Crippen molar-refractivity contribution in [3.63, 3.8) is 0 Å². The van der Waals surface area contributed by atoms with Gasteiger partial charge >= 0.3 is 0 Å². The first-order valence-electron chi connectivity index (χ1n) is 8.08. The van der Waals surface area contributed by atoms with Gasteiger partial charge in [0.05, 0.1) is 6.10 Å². The van der Waals surface area contributed by atoms with Crippen LogP contribution in [0.3, 0.4) is 0 Å². The lowest BCUT2D eigenvalue weighted by Gasteiger charge is -2.17. The fourth-order valence-electron chi connectivity index (χ4n) is 2.94. The van der Waals surface area contributed by atoms with E-state index in [1.54, 1.807) is 0 Å². The van der Waals surface area contributed by atoms with Gasteiger partial charge in [0.25, 0.3) is 0 Å². The lowest BCUT2D eigenvalue weighted by molar-refractivity contribution is 0.177. The molecular weight excluding hydrogens is 256 g/mol. The van der Waals surface area contributed by atoms with Gasteiger partial charge in [0.1, 0.15) is 0 Å². The first-order chi connectivity index (χ1) is 10.3. The number of hydrogen-bond donors (Lipinski definition) is 1. The zero-order valence-corrected chi connectivity index (χ0v) is 13.2. The van der Waals surface area contributed by atoms with E-state index in [0.29, 0.717) is 6.42 Å². The first kappa shape index (κ1) is 15.8. The topological polar surface area (TPSA) is 20.2 Å². The van der Waals surface area contributed by atoms with Gasteiger partial charge in [-0.3, -0.25) is 0 Å². The minimum atomic E-state index is -0.411. The molecule has 112 valence electrons. The normalized spacial score (nSPS) is 12.3. The number of aryl methyl sites for hydroxylation is 2. The van der Waals surface area contributed by atoms with Gasteiger partial charge in [-0.2, -0.15) is 0 Å². The summed E-state index contributed by atoms with van der Waals surface area (Å²) in [7, 11) is 0. The molecule has 0 aliphatic heterocycles. The van der Waals surface area contributed by atoms with Crippen LogP contribution in [0.25, 0.3) is 0 Å². The van der Waals surface area contributed by atoms with Crippen LogP contribution in [0, 0.1) is 0 Å². The van der Waals surface area contributed by atoms with E-state index in [9.17, 15) is 5.11 Å². The van der Waals surface area contributed by atoms with Crippen molar-refractivity contribution in [3.05, 3.63) is 70.8 Å². The lowest BCUT2D eigenvalue weighted by Crippen LogP contribution is -2.07. The molecule has 0 bridgehead atoms. The fraction of sp³-hybridized carbons (Fsp3) is 0.400. The Labute approximate surface area is 128 Å². The van der Waals surface area contributed by atoms with Crippen LogP contribution < -0.4 is 0 Å². The maximum atomic E-state index is 10.7. The van der Waals surface area contributed by atoms with Gasteiger partial charge in [0.15, 0.2) is 0 Å². The van der Waals surface area contributed by atoms with E-state index in [-0.39, 0.29) is 0 Å². The summed E-state index contributed by atoms with van der Waals surface area (Å²) in [5.41, 5.74) is 5.01. The largest absolute Gasteiger partial charge is 0.388 e. The van der Waals surface area contributed by atoms with Crippen molar-refractivity contribution in [2.24, 2.45) is 0 Å². The molecule has 0 aliphatic rings. The minimum Gasteiger partial charge on any atom is -0.388 e. The Kier molecular flexibility index (Phi) is 6.01. The van der Waals surface area contributed by atoms with Gasteiger partial charge in [0.2, 0.25) is 0 Å². The van der Waals surface area contributed by atoms with Gasteiger partial charge in [0, 0.05) is 6.42 Å². The molecule has 2 rings (SSSR count). The van der Waals surface area contributed by atoms with Crippen LogP contribution in [0.15, 0.2) is 48.5 Å². The van der Waals surface area contributed by atoms with Crippen molar-refractivity contribution in [1.29, 1.82) is 0 Å². The second kappa shape index (κ2) is 7.99. The molecule has 1 nitrogen and oxygen atoms in total. The summed E-state index contributed by atoms with van der Waals surface area (Å²) in [6.07, 6.45) is 4.65. The van der Waals surface area contributed by atoms with Crippen LogP contribution in [0.5, 0.6) is 0 Å². The molecule has 0 amide bonds. The highest BCUT2D eigenvalue weighted by molar-refractivity contribution is 5.33. The summed E-state index contributed by atoms with van der Waals surface area (Å²) in [6, 6.07) is 16.8. The second-order valence-electron chi connectivity index (χ2n) is 5.69. The van der Waals surface area contributed by atoms with E-state index in [0.717, 1.165) is 31.2 Å². The summed E-state index contributed by atoms with van der Waals surface area (Å²) in [4.78, 5) is 0. The van der Waals surface area contributed by atoms with Crippen molar-refractivity contribution >= 4 is 0 Å². The van der Waals surface area contributed by atoms with Gasteiger partial charge in [-0.15, -0.1) is 0 Å². The molecule has 0 saturated carbocycles. The molecule has 2 aromatic carbocycles. The molecular formula is C20H26O. The number of benzene rings is 2. The number of aliphatic hydroxyl groups is 1. The summed E-state index contributed by atoms with van der Waals surface area (Å²) in [5, 5.41) is 10.7. The van der Waals surface area contributed by atoms with E-state index in [1.165, 1.54) is 16.7 Å². The SMILES string of the molecule is CCCc1ccccc1CC(O)c1ccccc1CCC. The Morgan fingerprint density at radius 2 is 1.29 bits per heavy atom. The predicted molar refractivity (Wildman–Crippen MR) is 89.5 cm³/mol. The highest BCUT2D eigenvalue weighted by Gasteiger charge is 2.14. The Balaban J connectivity index is 2.20. The zero-order valence-electron chi connectivity index (χ0n) is 13.2. The molecule has 2 aromatic rings. The third-order valence-corrected chi connectivity index (χ3v) is 3.98. The van der Waals surface area contributed by atoms with Crippen LogP contribution >= 0.6 is 0 Å². The molecule has 0 aliphatic carbocycles. The molecule has 0 saturated heterocycles. The van der Waals surface area contributed by atoms with Crippen molar-refractivity contribution in [2.75, 3.05) is 0 Å². The Morgan fingerprint density at radius 1 is 0.762 bits per heavy atom. The molecule has 1 atom stereocenters. The molecule has 1 unspecified atom stereocenters. The molecule has 1 heteroatoms. The van der Waals surface area contributed by atoms with Crippen LogP contribution in [-0.4, -0.2) is 5.11 Å². The van der Waals surface area contributed by atoms with Gasteiger partial charge in [-0.25, -0.2) is 0 Å². The summed E-state index contributed by atoms with van der Waals surface area (Å²) in [6.45, 7) is 4.38. The van der Waals surface area contributed by atoms with E-state index in [4.69, 9.17) is 0 Å². The Morgan fingerprint density at radius 3 is 1.95 bits per heavy atom. The number of rotatable bonds is 7. The monoisotopic (exact) mass is 282 g/mol. The number of hydrogen-bond acceptors (Lipinski definition) is 1. The Bertz CT molecular complexity index is 559. The van der Waals surface area contributed by atoms with Gasteiger partial charge in [-0.05, 0) is 35.1 Å². The standard InChI is InChI=1S/C20H26O/c1-3-9-16-11-5-6-13-18(16)15-20(21)19-14-8-7-12-17(19)10-4-2/h5-8,11-14,20-21H,3-4,9-10,15H2,1-2H3. The average Bonchev–Trinajstić information content (AvgIpc) is 2.50. The van der Waals surface area contributed by atoms with Gasteiger partial charge < -0.3 is 5.11 Å². The van der Waals surface area contributed by atoms with Crippen molar-refractivity contribution in [1.82, 2.24) is 0 Å². The zero-order chi connectivity index (χ0) is 15.1. The quantitative estimate of drug-likeness (QED) is 0.768. The van der Waals surface area contributed by atoms with Gasteiger partial charge in [-0.1, -0.05) is 75.2 Å². The molecule has 0 heterocycles. The maximum absolute atomic E-state index is 10.7. The molecule has 0 spiro atoms. The van der Waals surface area contributed by atoms with Crippen molar-refractivity contribution in [3.8, 4) is 0 Å². The van der Waals surface area contributed by atoms with E-state index in [2.05, 4.69) is 56.3 Å². The van der Waals surface area contributed by atoms with E-state index in [1.807, 2.05) is 6.07 Å². The number of aliphatic hydroxyl groups excluding tert-OH is 1. The average molecular weight is 282 g/mol. The smallest absolute Gasteiger partial charge is 0.0833 e. The molecule has 21 heavy (non-hydrogen) atoms. The van der Waals surface area contributed by atoms with Crippen molar-refractivity contribution in [2.45, 2.75) is 52.1 Å². The summed E-state index contributed by atoms with van der Waals surface area (Å²) >= 11 is 0. The fourth-order valence-corrected chi connectivity index (χ4v) is 2.94.